The van der Waals surface area contributed by atoms with Gasteiger partial charge in [-0.1, -0.05) is 72.3 Å². The minimum absolute atomic E-state index is 0.734. The van der Waals surface area contributed by atoms with E-state index in [1.165, 1.54) is 11.1 Å². The Balaban J connectivity index is 1.82. The van der Waals surface area contributed by atoms with Gasteiger partial charge in [0.15, 0.2) is 0 Å². The molecule has 0 atom stereocenters. The van der Waals surface area contributed by atoms with E-state index >= 15 is 0 Å². The fraction of sp³-hybridized carbons (Fsp3) is 0. The lowest BCUT2D eigenvalue weighted by molar-refractivity contribution is 0.669. The summed E-state index contributed by atoms with van der Waals surface area (Å²) >= 11 is 6.22. The van der Waals surface area contributed by atoms with Crippen LogP contribution in [0.5, 0.6) is 0 Å². The normalized spacial score (nSPS) is 11.3. The Morgan fingerprint density at radius 3 is 2.23 bits per heavy atom. The topological polar surface area (TPSA) is 13.1 Å². The van der Waals surface area contributed by atoms with Crippen molar-refractivity contribution in [3.8, 4) is 22.3 Å². The highest BCUT2D eigenvalue weighted by Gasteiger charge is 2.13. The van der Waals surface area contributed by atoms with Gasteiger partial charge in [-0.2, -0.15) is 0 Å². The van der Waals surface area contributed by atoms with Gasteiger partial charge in [0.1, 0.15) is 11.2 Å². The zero-order valence-corrected chi connectivity index (χ0v) is 14.7. The first-order chi connectivity index (χ1) is 12.8. The second kappa shape index (κ2) is 6.05. The van der Waals surface area contributed by atoms with Crippen LogP contribution in [0.25, 0.3) is 44.2 Å². The van der Waals surface area contributed by atoms with E-state index in [4.69, 9.17) is 16.0 Å². The molecule has 0 spiro atoms. The molecular weight excluding hydrogens is 340 g/mol. The molecule has 0 aliphatic heterocycles. The third-order valence-electron chi connectivity index (χ3n) is 4.74. The van der Waals surface area contributed by atoms with Crippen molar-refractivity contribution in [3.63, 3.8) is 0 Å². The van der Waals surface area contributed by atoms with E-state index in [0.717, 1.165) is 38.1 Å². The average molecular weight is 355 g/mol. The van der Waals surface area contributed by atoms with Crippen molar-refractivity contribution in [2.75, 3.05) is 0 Å². The Labute approximate surface area is 156 Å². The molecule has 5 aromatic rings. The maximum absolute atomic E-state index is 6.22. The van der Waals surface area contributed by atoms with Crippen molar-refractivity contribution in [3.05, 3.63) is 96.0 Å². The predicted molar refractivity (Wildman–Crippen MR) is 110 cm³/mol. The van der Waals surface area contributed by atoms with Crippen LogP contribution < -0.4 is 0 Å². The number of furan rings is 1. The fourth-order valence-electron chi connectivity index (χ4n) is 3.53. The van der Waals surface area contributed by atoms with E-state index < -0.39 is 0 Å². The quantitative estimate of drug-likeness (QED) is 0.318. The molecule has 5 rings (SSSR count). The van der Waals surface area contributed by atoms with E-state index in [0.29, 0.717) is 0 Å². The predicted octanol–water partition coefficient (Wildman–Crippen LogP) is 7.57. The van der Waals surface area contributed by atoms with Crippen molar-refractivity contribution in [1.82, 2.24) is 0 Å². The molecule has 0 radical (unpaired) electrons. The smallest absolute Gasteiger partial charge is 0.136 e. The molecule has 1 aromatic heterocycles. The Morgan fingerprint density at radius 2 is 1.38 bits per heavy atom. The summed E-state index contributed by atoms with van der Waals surface area (Å²) in [6.07, 6.45) is 0. The maximum atomic E-state index is 6.22. The lowest BCUT2D eigenvalue weighted by Crippen LogP contribution is -1.80. The van der Waals surface area contributed by atoms with Crippen LogP contribution in [0.4, 0.5) is 0 Å². The van der Waals surface area contributed by atoms with Crippen LogP contribution in [0.15, 0.2) is 95.4 Å². The first-order valence-electron chi connectivity index (χ1n) is 8.56. The molecule has 26 heavy (non-hydrogen) atoms. The second-order valence-electron chi connectivity index (χ2n) is 6.37. The number of halogens is 1. The van der Waals surface area contributed by atoms with E-state index in [9.17, 15) is 0 Å². The number of hydrogen-bond acceptors (Lipinski definition) is 1. The zero-order chi connectivity index (χ0) is 17.5. The lowest BCUT2D eigenvalue weighted by Gasteiger charge is -2.05. The summed E-state index contributed by atoms with van der Waals surface area (Å²) in [5.74, 6) is 0. The van der Waals surface area contributed by atoms with E-state index in [1.54, 1.807) is 0 Å². The standard InChI is InChI=1S/C24H15ClO/c25-19-9-4-8-18(14-19)20-10-5-11-23-24(20)21-15-17(12-13-22(21)26-23)16-6-2-1-3-7-16/h1-15H. The summed E-state index contributed by atoms with van der Waals surface area (Å²) in [7, 11) is 0. The number of rotatable bonds is 2. The number of fused-ring (bicyclic) bond motifs is 3. The first kappa shape index (κ1) is 15.2. The first-order valence-corrected chi connectivity index (χ1v) is 8.94. The lowest BCUT2D eigenvalue weighted by atomic mass is 9.97. The van der Waals surface area contributed by atoms with Gasteiger partial charge in [0.25, 0.3) is 0 Å². The van der Waals surface area contributed by atoms with E-state index in [-0.39, 0.29) is 0 Å². The highest BCUT2D eigenvalue weighted by molar-refractivity contribution is 6.31. The average Bonchev–Trinajstić information content (AvgIpc) is 3.06. The molecule has 0 saturated heterocycles. The van der Waals surface area contributed by atoms with Crippen molar-refractivity contribution in [2.45, 2.75) is 0 Å². The van der Waals surface area contributed by atoms with Crippen LogP contribution in [0, 0.1) is 0 Å². The summed E-state index contributed by atoms with van der Waals surface area (Å²) in [5.41, 5.74) is 6.40. The highest BCUT2D eigenvalue weighted by Crippen LogP contribution is 2.38. The molecule has 0 aliphatic rings. The molecule has 1 nitrogen and oxygen atoms in total. The monoisotopic (exact) mass is 354 g/mol. The molecule has 1 heterocycles. The molecule has 124 valence electrons. The van der Waals surface area contributed by atoms with Gasteiger partial charge in [-0.25, -0.2) is 0 Å². The van der Waals surface area contributed by atoms with Crippen molar-refractivity contribution < 1.29 is 4.42 Å². The third kappa shape index (κ3) is 2.49. The molecule has 0 N–H and O–H groups in total. The van der Waals surface area contributed by atoms with Crippen LogP contribution in [0.2, 0.25) is 5.02 Å². The van der Waals surface area contributed by atoms with Gasteiger partial charge < -0.3 is 4.42 Å². The number of hydrogen-bond donors (Lipinski definition) is 0. The van der Waals surface area contributed by atoms with Crippen molar-refractivity contribution in [1.29, 1.82) is 0 Å². The highest BCUT2D eigenvalue weighted by atomic mass is 35.5. The molecule has 0 aliphatic carbocycles. The molecule has 0 unspecified atom stereocenters. The summed E-state index contributed by atoms with van der Waals surface area (Å²) in [5, 5.41) is 2.98. The Kier molecular flexibility index (Phi) is 3.55. The van der Waals surface area contributed by atoms with Crippen LogP contribution >= 0.6 is 11.6 Å². The maximum Gasteiger partial charge on any atom is 0.136 e. The molecule has 0 fully saturated rings. The summed E-state index contributed by atoms with van der Waals surface area (Å²) in [6, 6.07) is 30.9. The summed E-state index contributed by atoms with van der Waals surface area (Å²) in [4.78, 5) is 0. The fourth-order valence-corrected chi connectivity index (χ4v) is 3.72. The van der Waals surface area contributed by atoms with Gasteiger partial charge >= 0.3 is 0 Å². The molecule has 4 aromatic carbocycles. The molecule has 0 saturated carbocycles. The Hall–Kier alpha value is -3.03. The van der Waals surface area contributed by atoms with Crippen LogP contribution in [-0.4, -0.2) is 0 Å². The van der Waals surface area contributed by atoms with E-state index in [1.807, 2.05) is 36.4 Å². The third-order valence-corrected chi connectivity index (χ3v) is 4.97. The molecule has 0 amide bonds. The van der Waals surface area contributed by atoms with Gasteiger partial charge in [-0.05, 0) is 52.6 Å². The van der Waals surface area contributed by atoms with Gasteiger partial charge in [0.05, 0.1) is 0 Å². The van der Waals surface area contributed by atoms with E-state index in [2.05, 4.69) is 54.6 Å². The van der Waals surface area contributed by atoms with Crippen LogP contribution in [0.1, 0.15) is 0 Å². The molecular formula is C24H15ClO. The van der Waals surface area contributed by atoms with Gasteiger partial charge in [0, 0.05) is 15.8 Å². The van der Waals surface area contributed by atoms with Crippen molar-refractivity contribution >= 4 is 33.5 Å². The van der Waals surface area contributed by atoms with Gasteiger partial charge in [-0.15, -0.1) is 0 Å². The van der Waals surface area contributed by atoms with Crippen molar-refractivity contribution in [2.24, 2.45) is 0 Å². The Morgan fingerprint density at radius 1 is 0.577 bits per heavy atom. The second-order valence-corrected chi connectivity index (χ2v) is 6.80. The summed E-state index contributed by atoms with van der Waals surface area (Å²) < 4.78 is 6.10. The largest absolute Gasteiger partial charge is 0.456 e. The molecule has 0 bridgehead atoms. The Bertz CT molecular complexity index is 1240. The molecule has 2 heteroatoms. The summed E-state index contributed by atoms with van der Waals surface area (Å²) in [6.45, 7) is 0. The SMILES string of the molecule is Clc1cccc(-c2cccc3oc4ccc(-c5ccccc5)cc4c23)c1. The van der Waals surface area contributed by atoms with Crippen LogP contribution in [-0.2, 0) is 0 Å². The zero-order valence-electron chi connectivity index (χ0n) is 13.9. The van der Waals surface area contributed by atoms with Crippen LogP contribution in [0.3, 0.4) is 0 Å². The van der Waals surface area contributed by atoms with Gasteiger partial charge in [-0.3, -0.25) is 0 Å². The number of benzene rings is 4. The minimum atomic E-state index is 0.734. The van der Waals surface area contributed by atoms with Gasteiger partial charge in [0.2, 0.25) is 0 Å². The minimum Gasteiger partial charge on any atom is -0.456 e.